The van der Waals surface area contributed by atoms with Crippen molar-refractivity contribution in [1.29, 1.82) is 0 Å². The second-order valence-electron chi connectivity index (χ2n) is 11.8. The second kappa shape index (κ2) is 13.9. The molecule has 3 heterocycles. The molecule has 2 N–H and O–H groups in total. The Morgan fingerprint density at radius 1 is 1.00 bits per heavy atom. The summed E-state index contributed by atoms with van der Waals surface area (Å²) in [4.78, 5) is 27.7. The molecule has 3 fully saturated rings. The number of hydrogen-bond acceptors (Lipinski definition) is 7. The molecular formula is C32H40F3N3O6. The summed E-state index contributed by atoms with van der Waals surface area (Å²) in [6, 6.07) is 13.7. The number of rotatable bonds is 9. The van der Waals surface area contributed by atoms with Crippen molar-refractivity contribution in [3.63, 3.8) is 0 Å². The summed E-state index contributed by atoms with van der Waals surface area (Å²) in [6.45, 7) is 4.28. The molecule has 0 spiro atoms. The van der Waals surface area contributed by atoms with Crippen molar-refractivity contribution in [3.8, 4) is 0 Å². The van der Waals surface area contributed by atoms with Gasteiger partial charge in [-0.2, -0.15) is 13.2 Å². The Morgan fingerprint density at radius 2 is 1.68 bits per heavy atom. The molecule has 240 valence electrons. The number of halogens is 3. The van der Waals surface area contributed by atoms with Gasteiger partial charge in [0, 0.05) is 43.4 Å². The second-order valence-corrected chi connectivity index (χ2v) is 11.8. The highest BCUT2D eigenvalue weighted by Crippen LogP contribution is 2.42. The van der Waals surface area contributed by atoms with Crippen LogP contribution in [0.15, 0.2) is 48.5 Å². The predicted octanol–water partition coefficient (Wildman–Crippen LogP) is 4.57. The van der Waals surface area contributed by atoms with Crippen LogP contribution in [0.1, 0.15) is 61.7 Å². The Bertz CT molecular complexity index is 1280. The molecule has 9 nitrogen and oxygen atoms in total. The lowest BCUT2D eigenvalue weighted by Crippen LogP contribution is -2.48. The van der Waals surface area contributed by atoms with Crippen LogP contribution >= 0.6 is 0 Å². The topological polar surface area (TPSA) is 101 Å². The molecular weight excluding hydrogens is 579 g/mol. The monoisotopic (exact) mass is 619 g/mol. The number of hydrogen-bond donors (Lipinski definition) is 2. The highest BCUT2D eigenvalue weighted by atomic mass is 19.4. The lowest BCUT2D eigenvalue weighted by atomic mass is 9.90. The van der Waals surface area contributed by atoms with Crippen LogP contribution in [-0.2, 0) is 30.4 Å². The Labute approximate surface area is 255 Å². The van der Waals surface area contributed by atoms with Gasteiger partial charge in [-0.15, -0.1) is 0 Å². The third kappa shape index (κ3) is 7.26. The van der Waals surface area contributed by atoms with Gasteiger partial charge in [0.1, 0.15) is 6.04 Å². The van der Waals surface area contributed by atoms with E-state index in [0.29, 0.717) is 36.2 Å². The Hall–Kier alpha value is -3.03. The van der Waals surface area contributed by atoms with Gasteiger partial charge in [0.15, 0.2) is 6.29 Å². The van der Waals surface area contributed by atoms with E-state index in [0.717, 1.165) is 36.1 Å². The SMILES string of the molecule is COC[C@@H]1CCCN1C[C@@H]1O[C@H](c2ccc(NC(=O)[C@@H]3CCCN3C(=O)C(F)(F)F)cc2)O[C@H](c2ccc(CO)cc2)[C@@H]1C. The third-order valence-electron chi connectivity index (χ3n) is 8.91. The average molecular weight is 620 g/mol. The maximum atomic E-state index is 13.0. The molecule has 0 bridgehead atoms. The maximum absolute atomic E-state index is 13.0. The molecule has 6 atom stereocenters. The van der Waals surface area contributed by atoms with Gasteiger partial charge in [-0.3, -0.25) is 14.5 Å². The van der Waals surface area contributed by atoms with E-state index in [-0.39, 0.29) is 37.7 Å². The first-order valence-corrected chi connectivity index (χ1v) is 15.1. The highest BCUT2D eigenvalue weighted by molar-refractivity contribution is 5.98. The number of likely N-dealkylation sites (tertiary alicyclic amines) is 2. The molecule has 12 heteroatoms. The lowest BCUT2D eigenvalue weighted by molar-refractivity contribution is -0.276. The normalized spacial score (nSPS) is 27.9. The number of carbonyl (C=O) groups excluding carboxylic acids is 2. The van der Waals surface area contributed by atoms with Crippen molar-refractivity contribution in [1.82, 2.24) is 9.80 Å². The fourth-order valence-corrected chi connectivity index (χ4v) is 6.47. The zero-order valence-electron chi connectivity index (χ0n) is 25.0. The Balaban J connectivity index is 1.31. The molecule has 0 radical (unpaired) electrons. The van der Waals surface area contributed by atoms with Crippen molar-refractivity contribution < 1.29 is 42.1 Å². The van der Waals surface area contributed by atoms with Crippen molar-refractivity contribution in [2.45, 2.75) is 76.0 Å². The third-order valence-corrected chi connectivity index (χ3v) is 8.91. The maximum Gasteiger partial charge on any atom is 0.471 e. The highest BCUT2D eigenvalue weighted by Gasteiger charge is 2.47. The summed E-state index contributed by atoms with van der Waals surface area (Å²) < 4.78 is 57.6. The number of nitrogens with zero attached hydrogens (tertiary/aromatic N) is 2. The standard InChI is InChI=1S/C32H40F3N3O6/c1-20-27(17-37-15-3-5-25(37)19-42-2)43-30(44-28(20)22-9-7-21(18-39)8-10-22)23-11-13-24(14-12-23)36-29(40)26-6-4-16-38(26)31(41)32(33,34)35/h7-14,20,25-28,30,39H,3-6,15-19H2,1-2H3,(H,36,40)/t20-,25+,26+,27+,28+,30+/m1/s1. The number of aliphatic hydroxyl groups excluding tert-OH is 1. The Morgan fingerprint density at radius 3 is 2.34 bits per heavy atom. The van der Waals surface area contributed by atoms with Gasteiger partial charge < -0.3 is 29.5 Å². The van der Waals surface area contributed by atoms with E-state index in [1.54, 1.807) is 31.4 Å². The van der Waals surface area contributed by atoms with Crippen LogP contribution in [0.5, 0.6) is 0 Å². The van der Waals surface area contributed by atoms with Gasteiger partial charge >= 0.3 is 12.1 Å². The number of anilines is 1. The van der Waals surface area contributed by atoms with E-state index in [4.69, 9.17) is 14.2 Å². The fraction of sp³-hybridized carbons (Fsp3) is 0.562. The number of carbonyl (C=O) groups is 2. The molecule has 0 saturated carbocycles. The first kappa shape index (κ1) is 32.4. The number of ether oxygens (including phenoxy) is 3. The summed E-state index contributed by atoms with van der Waals surface area (Å²) >= 11 is 0. The summed E-state index contributed by atoms with van der Waals surface area (Å²) in [5.74, 6) is -2.64. The Kier molecular flexibility index (Phi) is 10.3. The number of aliphatic hydroxyl groups is 1. The van der Waals surface area contributed by atoms with E-state index in [2.05, 4.69) is 17.1 Å². The minimum Gasteiger partial charge on any atom is -0.392 e. The van der Waals surface area contributed by atoms with Crippen LogP contribution in [0.2, 0.25) is 0 Å². The minimum absolute atomic E-state index is 0.0161. The van der Waals surface area contributed by atoms with Gasteiger partial charge in [0.2, 0.25) is 5.91 Å². The molecule has 2 aromatic carbocycles. The first-order chi connectivity index (χ1) is 21.1. The van der Waals surface area contributed by atoms with Crippen molar-refractivity contribution in [2.24, 2.45) is 5.92 Å². The van der Waals surface area contributed by atoms with E-state index in [1.165, 1.54) is 0 Å². The smallest absolute Gasteiger partial charge is 0.392 e. The van der Waals surface area contributed by atoms with Gasteiger partial charge in [-0.1, -0.05) is 43.3 Å². The molecule has 44 heavy (non-hydrogen) atoms. The van der Waals surface area contributed by atoms with E-state index >= 15 is 0 Å². The molecule has 5 rings (SSSR count). The van der Waals surface area contributed by atoms with Crippen LogP contribution < -0.4 is 5.32 Å². The molecule has 2 amide bonds. The molecule has 3 aliphatic rings. The van der Waals surface area contributed by atoms with E-state index in [9.17, 15) is 27.9 Å². The molecule has 0 aromatic heterocycles. The summed E-state index contributed by atoms with van der Waals surface area (Å²) in [5.41, 5.74) is 2.89. The van der Waals surface area contributed by atoms with Crippen LogP contribution in [0.25, 0.3) is 0 Å². The zero-order chi connectivity index (χ0) is 31.4. The van der Waals surface area contributed by atoms with Crippen molar-refractivity contribution >= 4 is 17.5 Å². The molecule has 3 saturated heterocycles. The lowest BCUT2D eigenvalue weighted by Gasteiger charge is -2.43. The number of methoxy groups -OCH3 is 1. The van der Waals surface area contributed by atoms with Crippen LogP contribution in [0.4, 0.5) is 18.9 Å². The van der Waals surface area contributed by atoms with Crippen LogP contribution in [-0.4, -0.2) is 84.4 Å². The van der Waals surface area contributed by atoms with E-state index in [1.807, 2.05) is 24.3 Å². The van der Waals surface area contributed by atoms with Gasteiger partial charge in [0.05, 0.1) is 25.4 Å². The van der Waals surface area contributed by atoms with Gasteiger partial charge in [-0.05, 0) is 55.5 Å². The van der Waals surface area contributed by atoms with Crippen LogP contribution in [0.3, 0.4) is 0 Å². The zero-order valence-corrected chi connectivity index (χ0v) is 25.0. The minimum atomic E-state index is -5.03. The molecule has 0 unspecified atom stereocenters. The largest absolute Gasteiger partial charge is 0.471 e. The van der Waals surface area contributed by atoms with Crippen LogP contribution in [0, 0.1) is 5.92 Å². The predicted molar refractivity (Wildman–Crippen MR) is 155 cm³/mol. The number of alkyl halides is 3. The quantitative estimate of drug-likeness (QED) is 0.424. The van der Waals surface area contributed by atoms with Crippen molar-refractivity contribution in [3.05, 3.63) is 65.2 Å². The number of amides is 2. The number of benzene rings is 2. The molecule has 0 aliphatic carbocycles. The van der Waals surface area contributed by atoms with E-state index < -0.39 is 30.3 Å². The molecule has 2 aromatic rings. The summed E-state index contributed by atoms with van der Waals surface area (Å²) in [7, 11) is 1.71. The van der Waals surface area contributed by atoms with Gasteiger partial charge in [0.25, 0.3) is 0 Å². The summed E-state index contributed by atoms with van der Waals surface area (Å²) in [5, 5.41) is 12.2. The average Bonchev–Trinajstić information content (AvgIpc) is 3.68. The summed E-state index contributed by atoms with van der Waals surface area (Å²) in [6.07, 6.45) is -3.53. The van der Waals surface area contributed by atoms with Gasteiger partial charge in [-0.25, -0.2) is 0 Å². The van der Waals surface area contributed by atoms with Crippen molar-refractivity contribution in [2.75, 3.05) is 38.7 Å². The first-order valence-electron chi connectivity index (χ1n) is 15.1. The number of nitrogens with one attached hydrogen (secondary N) is 1. The fourth-order valence-electron chi connectivity index (χ4n) is 6.47. The molecule has 3 aliphatic heterocycles.